The molecule has 1 N–H and O–H groups in total. The summed E-state index contributed by atoms with van der Waals surface area (Å²) >= 11 is 0. The van der Waals surface area contributed by atoms with Gasteiger partial charge in [0, 0.05) is 19.6 Å². The van der Waals surface area contributed by atoms with Crippen LogP contribution in [0.5, 0.6) is 0 Å². The minimum Gasteiger partial charge on any atom is -0.372 e. The Morgan fingerprint density at radius 3 is 2.85 bits per heavy atom. The highest BCUT2D eigenvalue weighted by Crippen LogP contribution is 2.23. The molecule has 0 radical (unpaired) electrons. The molecule has 2 atom stereocenters. The number of nitrogens with one attached hydrogen (secondary N) is 1. The summed E-state index contributed by atoms with van der Waals surface area (Å²) in [7, 11) is 2.00. The van der Waals surface area contributed by atoms with Crippen molar-refractivity contribution in [3.63, 3.8) is 0 Å². The van der Waals surface area contributed by atoms with Crippen molar-refractivity contribution in [3.8, 4) is 0 Å². The molecule has 3 rings (SSSR count). The van der Waals surface area contributed by atoms with Crippen LogP contribution in [0.15, 0.2) is 24.3 Å². The normalized spacial score (nSPS) is 27.2. The van der Waals surface area contributed by atoms with Gasteiger partial charge in [0.1, 0.15) is 0 Å². The van der Waals surface area contributed by atoms with E-state index in [4.69, 9.17) is 4.74 Å². The molecule has 0 aromatic heterocycles. The van der Waals surface area contributed by atoms with Crippen molar-refractivity contribution >= 4 is 0 Å². The lowest BCUT2D eigenvalue weighted by Gasteiger charge is -2.24. The average Bonchev–Trinajstić information content (AvgIpc) is 2.78. The zero-order valence-corrected chi connectivity index (χ0v) is 12.5. The molecular weight excluding hydrogens is 248 g/mol. The van der Waals surface area contributed by atoms with Crippen molar-refractivity contribution in [2.24, 2.45) is 0 Å². The summed E-state index contributed by atoms with van der Waals surface area (Å²) in [5, 5.41) is 3.22. The van der Waals surface area contributed by atoms with E-state index in [1.807, 2.05) is 7.05 Å². The largest absolute Gasteiger partial charge is 0.372 e. The Hall–Kier alpha value is -0.900. The number of fused-ring (bicyclic) bond motifs is 1. The van der Waals surface area contributed by atoms with Crippen LogP contribution >= 0.6 is 0 Å². The van der Waals surface area contributed by atoms with E-state index in [1.165, 1.54) is 43.4 Å². The Morgan fingerprint density at radius 2 is 2.00 bits per heavy atom. The fourth-order valence-corrected chi connectivity index (χ4v) is 3.50. The minimum atomic E-state index is 0.421. The molecule has 0 saturated carbocycles. The quantitative estimate of drug-likeness (QED) is 0.911. The summed E-state index contributed by atoms with van der Waals surface area (Å²) in [6.07, 6.45) is 5.76. The standard InChI is InChI=1S/C17H26N2O/c1-18-11-16-8-9-17(20-16)13-19-10-4-7-14-5-2-3-6-15(14)12-19/h2-3,5-6,16-18H,4,7-13H2,1H3. The van der Waals surface area contributed by atoms with E-state index in [-0.39, 0.29) is 0 Å². The van der Waals surface area contributed by atoms with Crippen molar-refractivity contribution in [2.45, 2.75) is 44.4 Å². The Balaban J connectivity index is 1.56. The maximum Gasteiger partial charge on any atom is 0.0707 e. The van der Waals surface area contributed by atoms with Crippen molar-refractivity contribution < 1.29 is 4.74 Å². The van der Waals surface area contributed by atoms with Crippen molar-refractivity contribution in [2.75, 3.05) is 26.7 Å². The van der Waals surface area contributed by atoms with Crippen LogP contribution in [0.3, 0.4) is 0 Å². The SMILES string of the molecule is CNCC1CCC(CN2CCCc3ccccc3C2)O1. The summed E-state index contributed by atoms with van der Waals surface area (Å²) in [5.41, 5.74) is 3.05. The first-order valence-electron chi connectivity index (χ1n) is 7.94. The van der Waals surface area contributed by atoms with Gasteiger partial charge in [-0.2, -0.15) is 0 Å². The molecule has 20 heavy (non-hydrogen) atoms. The number of benzene rings is 1. The highest BCUT2D eigenvalue weighted by atomic mass is 16.5. The molecule has 0 amide bonds. The van der Waals surface area contributed by atoms with E-state index in [9.17, 15) is 0 Å². The lowest BCUT2D eigenvalue weighted by atomic mass is 10.0. The summed E-state index contributed by atoms with van der Waals surface area (Å²) in [5.74, 6) is 0. The van der Waals surface area contributed by atoms with E-state index < -0.39 is 0 Å². The molecule has 1 saturated heterocycles. The Labute approximate surface area is 122 Å². The lowest BCUT2D eigenvalue weighted by molar-refractivity contribution is 0.0229. The van der Waals surface area contributed by atoms with E-state index >= 15 is 0 Å². The van der Waals surface area contributed by atoms with Gasteiger partial charge in [-0.1, -0.05) is 24.3 Å². The van der Waals surface area contributed by atoms with Crippen molar-refractivity contribution in [1.29, 1.82) is 0 Å². The summed E-state index contributed by atoms with van der Waals surface area (Å²) < 4.78 is 6.13. The predicted molar refractivity (Wildman–Crippen MR) is 81.9 cm³/mol. The van der Waals surface area contributed by atoms with Gasteiger partial charge < -0.3 is 10.1 Å². The molecule has 2 aliphatic rings. The Bertz CT molecular complexity index is 435. The second-order valence-electron chi connectivity index (χ2n) is 6.12. The number of hydrogen-bond donors (Lipinski definition) is 1. The average molecular weight is 274 g/mol. The van der Waals surface area contributed by atoms with Crippen LogP contribution in [-0.4, -0.2) is 43.8 Å². The molecule has 2 aliphatic heterocycles. The van der Waals surface area contributed by atoms with Gasteiger partial charge in [0.2, 0.25) is 0 Å². The van der Waals surface area contributed by atoms with E-state index in [0.717, 1.165) is 19.6 Å². The second-order valence-corrected chi connectivity index (χ2v) is 6.12. The molecule has 1 aromatic rings. The first kappa shape index (κ1) is 14.1. The predicted octanol–water partition coefficient (Wildman–Crippen LogP) is 2.20. The van der Waals surface area contributed by atoms with Crippen LogP contribution in [0.2, 0.25) is 0 Å². The molecule has 3 nitrogen and oxygen atoms in total. The molecule has 1 aromatic carbocycles. The number of rotatable bonds is 4. The van der Waals surface area contributed by atoms with Crippen LogP contribution < -0.4 is 5.32 Å². The Morgan fingerprint density at radius 1 is 1.20 bits per heavy atom. The highest BCUT2D eigenvalue weighted by Gasteiger charge is 2.27. The molecule has 0 aliphatic carbocycles. The molecule has 0 bridgehead atoms. The lowest BCUT2D eigenvalue weighted by Crippen LogP contribution is -2.33. The van der Waals surface area contributed by atoms with Gasteiger partial charge in [0.05, 0.1) is 12.2 Å². The number of hydrogen-bond acceptors (Lipinski definition) is 3. The van der Waals surface area contributed by atoms with Gasteiger partial charge in [-0.3, -0.25) is 4.90 Å². The first-order valence-corrected chi connectivity index (χ1v) is 7.94. The maximum atomic E-state index is 6.13. The maximum absolute atomic E-state index is 6.13. The number of aryl methyl sites for hydroxylation is 1. The molecular formula is C17H26N2O. The second kappa shape index (κ2) is 6.70. The highest BCUT2D eigenvalue weighted by molar-refractivity contribution is 5.28. The third-order valence-corrected chi connectivity index (χ3v) is 4.52. The monoisotopic (exact) mass is 274 g/mol. The zero-order valence-electron chi connectivity index (χ0n) is 12.5. The van der Waals surface area contributed by atoms with Crippen LogP contribution in [0, 0.1) is 0 Å². The van der Waals surface area contributed by atoms with E-state index in [2.05, 4.69) is 34.5 Å². The molecule has 1 fully saturated rings. The van der Waals surface area contributed by atoms with Gasteiger partial charge in [-0.25, -0.2) is 0 Å². The van der Waals surface area contributed by atoms with Crippen LogP contribution in [0.1, 0.15) is 30.4 Å². The number of ether oxygens (including phenoxy) is 1. The Kier molecular flexibility index (Phi) is 4.71. The van der Waals surface area contributed by atoms with Gasteiger partial charge in [-0.05, 0) is 50.4 Å². The third-order valence-electron chi connectivity index (χ3n) is 4.52. The summed E-state index contributed by atoms with van der Waals surface area (Å²) in [6, 6.07) is 8.90. The van der Waals surface area contributed by atoms with Crippen LogP contribution in [-0.2, 0) is 17.7 Å². The molecule has 3 heteroatoms. The van der Waals surface area contributed by atoms with E-state index in [0.29, 0.717) is 12.2 Å². The fraction of sp³-hybridized carbons (Fsp3) is 0.647. The zero-order chi connectivity index (χ0) is 13.8. The fourth-order valence-electron chi connectivity index (χ4n) is 3.50. The van der Waals surface area contributed by atoms with Gasteiger partial charge in [0.25, 0.3) is 0 Å². The number of likely N-dealkylation sites (N-methyl/N-ethyl adjacent to an activating group) is 1. The molecule has 2 unspecified atom stereocenters. The van der Waals surface area contributed by atoms with Crippen molar-refractivity contribution in [1.82, 2.24) is 10.2 Å². The summed E-state index contributed by atoms with van der Waals surface area (Å²) in [6.45, 7) is 4.37. The molecule has 2 heterocycles. The summed E-state index contributed by atoms with van der Waals surface area (Å²) in [4.78, 5) is 2.58. The topological polar surface area (TPSA) is 24.5 Å². The van der Waals surface area contributed by atoms with E-state index in [1.54, 1.807) is 0 Å². The number of nitrogens with zero attached hydrogens (tertiary/aromatic N) is 1. The molecule has 110 valence electrons. The van der Waals surface area contributed by atoms with Gasteiger partial charge >= 0.3 is 0 Å². The van der Waals surface area contributed by atoms with Crippen molar-refractivity contribution in [3.05, 3.63) is 35.4 Å². The minimum absolute atomic E-state index is 0.421. The van der Waals surface area contributed by atoms with Crippen LogP contribution in [0.4, 0.5) is 0 Å². The van der Waals surface area contributed by atoms with Gasteiger partial charge in [-0.15, -0.1) is 0 Å². The molecule has 0 spiro atoms. The third kappa shape index (κ3) is 3.40. The first-order chi connectivity index (χ1) is 9.85. The van der Waals surface area contributed by atoms with Gasteiger partial charge in [0.15, 0.2) is 0 Å². The van der Waals surface area contributed by atoms with Crippen LogP contribution in [0.25, 0.3) is 0 Å². The smallest absolute Gasteiger partial charge is 0.0707 e.